The molecule has 0 spiro atoms. The van der Waals surface area contributed by atoms with Crippen molar-refractivity contribution in [2.45, 2.75) is 90.6 Å². The highest BCUT2D eigenvalue weighted by Crippen LogP contribution is 2.52. The van der Waals surface area contributed by atoms with Crippen LogP contribution in [-0.2, 0) is 0 Å². The molecule has 0 heterocycles. The largest absolute Gasteiger partial charge is 0.389 e. The van der Waals surface area contributed by atoms with Gasteiger partial charge in [-0.2, -0.15) is 0 Å². The predicted molar refractivity (Wildman–Crippen MR) is 90.1 cm³/mol. The molecule has 2 rings (SSSR count). The van der Waals surface area contributed by atoms with Crippen molar-refractivity contribution in [2.24, 2.45) is 28.9 Å². The lowest BCUT2D eigenvalue weighted by Crippen LogP contribution is -2.54. The van der Waals surface area contributed by atoms with Gasteiger partial charge in [0.25, 0.3) is 0 Å². The molecule has 3 N–H and O–H groups in total. The molecule has 2 aliphatic rings. The molecule has 2 fully saturated rings. The van der Waals surface area contributed by atoms with Gasteiger partial charge in [-0.3, -0.25) is 0 Å². The zero-order chi connectivity index (χ0) is 15.5. The molecule has 0 aromatic rings. The van der Waals surface area contributed by atoms with Gasteiger partial charge in [-0.1, -0.05) is 40.0 Å². The van der Waals surface area contributed by atoms with Crippen LogP contribution in [0.1, 0.15) is 85.0 Å². The molecule has 0 amide bonds. The van der Waals surface area contributed by atoms with Gasteiger partial charge >= 0.3 is 0 Å². The van der Waals surface area contributed by atoms with Crippen LogP contribution in [0.25, 0.3) is 0 Å². The third-order valence-electron chi connectivity index (χ3n) is 7.05. The highest BCUT2D eigenvalue weighted by atomic mass is 16.3. The maximum atomic E-state index is 11.5. The predicted octanol–water partition coefficient (Wildman–Crippen LogP) is 4.50. The lowest BCUT2D eigenvalue weighted by Gasteiger charge is -2.50. The second kappa shape index (κ2) is 7.00. The third-order valence-corrected chi connectivity index (χ3v) is 7.05. The molecule has 2 aliphatic carbocycles. The van der Waals surface area contributed by atoms with Crippen LogP contribution in [0.2, 0.25) is 0 Å². The minimum absolute atomic E-state index is 0.00450. The fourth-order valence-corrected chi connectivity index (χ4v) is 5.05. The Kier molecular flexibility index (Phi) is 5.76. The van der Waals surface area contributed by atoms with E-state index in [4.69, 9.17) is 5.73 Å². The van der Waals surface area contributed by atoms with Crippen LogP contribution in [-0.4, -0.2) is 17.3 Å². The third kappa shape index (κ3) is 3.47. The molecule has 2 heteroatoms. The maximum absolute atomic E-state index is 11.5. The van der Waals surface area contributed by atoms with Gasteiger partial charge in [0.05, 0.1) is 5.60 Å². The van der Waals surface area contributed by atoms with Gasteiger partial charge in [-0.05, 0) is 62.7 Å². The Bertz CT molecular complexity index is 320. The lowest BCUT2D eigenvalue weighted by atomic mass is 9.58. The Balaban J connectivity index is 2.09. The van der Waals surface area contributed by atoms with Gasteiger partial charge in [0.2, 0.25) is 0 Å². The first kappa shape index (κ1) is 17.3. The summed E-state index contributed by atoms with van der Waals surface area (Å²) in [6.45, 7) is 7.64. The van der Waals surface area contributed by atoms with Gasteiger partial charge in [-0.25, -0.2) is 0 Å². The van der Waals surface area contributed by atoms with Crippen molar-refractivity contribution < 1.29 is 5.11 Å². The highest BCUT2D eigenvalue weighted by Gasteiger charge is 2.50. The van der Waals surface area contributed by atoms with Gasteiger partial charge < -0.3 is 10.8 Å². The average molecular weight is 296 g/mol. The van der Waals surface area contributed by atoms with Crippen molar-refractivity contribution in [3.8, 4) is 0 Å². The van der Waals surface area contributed by atoms with Crippen molar-refractivity contribution in [2.75, 3.05) is 6.54 Å². The van der Waals surface area contributed by atoms with E-state index >= 15 is 0 Å². The van der Waals surface area contributed by atoms with Crippen molar-refractivity contribution in [3.63, 3.8) is 0 Å². The van der Waals surface area contributed by atoms with Crippen LogP contribution in [0.15, 0.2) is 0 Å². The SMILES string of the molecule is CCC1CCC(CN)(C2(O)CCCC(C(C)C)CC2)CC1. The quantitative estimate of drug-likeness (QED) is 0.750. The number of hydrogen-bond acceptors (Lipinski definition) is 2. The molecule has 0 aromatic heterocycles. The highest BCUT2D eigenvalue weighted by molar-refractivity contribution is 5.03. The van der Waals surface area contributed by atoms with Crippen molar-refractivity contribution in [3.05, 3.63) is 0 Å². The Labute approximate surface area is 131 Å². The smallest absolute Gasteiger partial charge is 0.0715 e. The molecule has 21 heavy (non-hydrogen) atoms. The fourth-order valence-electron chi connectivity index (χ4n) is 5.05. The van der Waals surface area contributed by atoms with E-state index in [1.807, 2.05) is 0 Å². The van der Waals surface area contributed by atoms with E-state index in [1.165, 1.54) is 38.5 Å². The molecular weight excluding hydrogens is 258 g/mol. The van der Waals surface area contributed by atoms with Crippen molar-refractivity contribution >= 4 is 0 Å². The molecule has 0 saturated heterocycles. The summed E-state index contributed by atoms with van der Waals surface area (Å²) < 4.78 is 0. The van der Waals surface area contributed by atoms with Gasteiger partial charge in [0.1, 0.15) is 0 Å². The number of rotatable bonds is 4. The Morgan fingerprint density at radius 1 is 1.05 bits per heavy atom. The molecule has 0 bridgehead atoms. The van der Waals surface area contributed by atoms with Gasteiger partial charge in [0.15, 0.2) is 0 Å². The van der Waals surface area contributed by atoms with Crippen LogP contribution < -0.4 is 5.73 Å². The Hall–Kier alpha value is -0.0800. The molecule has 2 atom stereocenters. The van der Waals surface area contributed by atoms with E-state index in [1.54, 1.807) is 0 Å². The number of aliphatic hydroxyl groups is 1. The van der Waals surface area contributed by atoms with Crippen molar-refractivity contribution in [1.82, 2.24) is 0 Å². The topological polar surface area (TPSA) is 46.2 Å². The van der Waals surface area contributed by atoms with Crippen LogP contribution in [0.5, 0.6) is 0 Å². The Morgan fingerprint density at radius 2 is 1.71 bits per heavy atom. The van der Waals surface area contributed by atoms with Crippen LogP contribution in [0.4, 0.5) is 0 Å². The van der Waals surface area contributed by atoms with E-state index in [0.717, 1.165) is 43.4 Å². The van der Waals surface area contributed by atoms with Crippen LogP contribution in [0, 0.1) is 23.2 Å². The average Bonchev–Trinajstić information content (AvgIpc) is 2.70. The second-order valence-electron chi connectivity index (χ2n) is 8.30. The number of nitrogens with two attached hydrogens (primary N) is 1. The monoisotopic (exact) mass is 295 g/mol. The van der Waals surface area contributed by atoms with E-state index in [-0.39, 0.29) is 5.41 Å². The maximum Gasteiger partial charge on any atom is 0.0715 e. The summed E-state index contributed by atoms with van der Waals surface area (Å²) in [5.41, 5.74) is 5.74. The minimum atomic E-state index is -0.496. The first-order chi connectivity index (χ1) is 9.96. The molecule has 124 valence electrons. The summed E-state index contributed by atoms with van der Waals surface area (Å²) in [6.07, 6.45) is 11.7. The van der Waals surface area contributed by atoms with Gasteiger partial charge in [-0.15, -0.1) is 0 Å². The van der Waals surface area contributed by atoms with E-state index in [2.05, 4.69) is 20.8 Å². The lowest BCUT2D eigenvalue weighted by molar-refractivity contribution is -0.115. The van der Waals surface area contributed by atoms with Gasteiger partial charge in [0, 0.05) is 12.0 Å². The van der Waals surface area contributed by atoms with Crippen LogP contribution in [0.3, 0.4) is 0 Å². The standard InChI is InChI=1S/C19H37NO/c1-4-16-7-11-18(14-20,12-8-16)19(21)10-5-6-17(9-13-19)15(2)3/h15-17,21H,4-14,20H2,1-3H3. The zero-order valence-corrected chi connectivity index (χ0v) is 14.5. The van der Waals surface area contributed by atoms with E-state index in [9.17, 15) is 5.11 Å². The van der Waals surface area contributed by atoms with Crippen molar-refractivity contribution in [1.29, 1.82) is 0 Å². The molecule has 0 aromatic carbocycles. The summed E-state index contributed by atoms with van der Waals surface area (Å²) in [4.78, 5) is 0. The molecule has 2 unspecified atom stereocenters. The summed E-state index contributed by atoms with van der Waals surface area (Å²) >= 11 is 0. The fraction of sp³-hybridized carbons (Fsp3) is 1.00. The molecule has 0 aliphatic heterocycles. The summed E-state index contributed by atoms with van der Waals surface area (Å²) in [7, 11) is 0. The molecule has 2 nitrogen and oxygen atoms in total. The van der Waals surface area contributed by atoms with E-state index in [0.29, 0.717) is 6.54 Å². The summed E-state index contributed by atoms with van der Waals surface area (Å²) in [6, 6.07) is 0. The summed E-state index contributed by atoms with van der Waals surface area (Å²) in [5.74, 6) is 2.40. The Morgan fingerprint density at radius 3 is 2.24 bits per heavy atom. The normalized spacial score (nSPS) is 42.0. The first-order valence-corrected chi connectivity index (χ1v) is 9.39. The minimum Gasteiger partial charge on any atom is -0.389 e. The van der Waals surface area contributed by atoms with Crippen LogP contribution >= 0.6 is 0 Å². The second-order valence-corrected chi connectivity index (χ2v) is 8.30. The summed E-state index contributed by atoms with van der Waals surface area (Å²) in [5, 5.41) is 11.5. The van der Waals surface area contributed by atoms with E-state index < -0.39 is 5.60 Å². The molecule has 0 radical (unpaired) electrons. The number of hydrogen-bond donors (Lipinski definition) is 2. The molecular formula is C19H37NO. The zero-order valence-electron chi connectivity index (χ0n) is 14.5. The first-order valence-electron chi connectivity index (χ1n) is 9.39. The molecule has 2 saturated carbocycles.